The molecule has 1 amide bonds. The first-order chi connectivity index (χ1) is 8.65. The normalized spacial score (nSPS) is 24.4. The lowest BCUT2D eigenvalue weighted by Gasteiger charge is -2.34. The number of amides is 1. The third-order valence-electron chi connectivity index (χ3n) is 3.20. The number of halogens is 1. The van der Waals surface area contributed by atoms with E-state index in [1.807, 2.05) is 6.92 Å². The van der Waals surface area contributed by atoms with E-state index in [9.17, 15) is 4.79 Å². The molecule has 5 heteroatoms. The Balaban J connectivity index is 1.98. The van der Waals surface area contributed by atoms with Gasteiger partial charge in [-0.2, -0.15) is 0 Å². The lowest BCUT2D eigenvalue weighted by Crippen LogP contribution is -2.36. The van der Waals surface area contributed by atoms with Gasteiger partial charge in [-0.3, -0.25) is 4.79 Å². The summed E-state index contributed by atoms with van der Waals surface area (Å²) in [4.78, 5) is 12.0. The molecule has 18 heavy (non-hydrogen) atoms. The van der Waals surface area contributed by atoms with E-state index >= 15 is 0 Å². The van der Waals surface area contributed by atoms with Gasteiger partial charge in [-0.25, -0.2) is 0 Å². The molecule has 1 N–H and O–H groups in total. The van der Waals surface area contributed by atoms with Crippen LogP contribution in [0.4, 0.5) is 0 Å². The molecule has 0 aromatic heterocycles. The highest BCUT2D eigenvalue weighted by atomic mass is 79.9. The van der Waals surface area contributed by atoms with Crippen LogP contribution in [0.25, 0.3) is 0 Å². The monoisotopic (exact) mass is 321 g/mol. The number of ether oxygens (including phenoxy) is 2. The summed E-state index contributed by atoms with van der Waals surface area (Å²) in [7, 11) is 1.68. The predicted molar refractivity (Wildman–Crippen MR) is 75.0 cm³/mol. The van der Waals surface area contributed by atoms with Gasteiger partial charge < -0.3 is 14.8 Å². The van der Waals surface area contributed by atoms with Crippen molar-refractivity contribution in [3.8, 4) is 0 Å². The predicted octanol–water partition coefficient (Wildman–Crippen LogP) is 2.11. The van der Waals surface area contributed by atoms with Crippen molar-refractivity contribution >= 4 is 21.8 Å². The fraction of sp³-hybridized carbons (Fsp3) is 0.923. The largest absolute Gasteiger partial charge is 0.384 e. The number of methoxy groups -OCH3 is 1. The van der Waals surface area contributed by atoms with Crippen molar-refractivity contribution in [1.29, 1.82) is 0 Å². The van der Waals surface area contributed by atoms with Gasteiger partial charge in [0.05, 0.1) is 12.7 Å². The molecule has 0 saturated heterocycles. The number of hydrogen-bond donors (Lipinski definition) is 1. The SMILES string of the molecule is CCOC1CC(CC(=O)NCCC(Br)COC)C1. The summed E-state index contributed by atoms with van der Waals surface area (Å²) in [5.41, 5.74) is 0. The Morgan fingerprint density at radius 3 is 2.83 bits per heavy atom. The van der Waals surface area contributed by atoms with Crippen LogP contribution in [0.3, 0.4) is 0 Å². The molecule has 1 atom stereocenters. The maximum atomic E-state index is 11.7. The summed E-state index contributed by atoms with van der Waals surface area (Å²) in [6.07, 6.45) is 3.99. The molecule has 0 aliphatic heterocycles. The summed E-state index contributed by atoms with van der Waals surface area (Å²) < 4.78 is 10.5. The minimum absolute atomic E-state index is 0.159. The Kier molecular flexibility index (Phi) is 7.86. The Morgan fingerprint density at radius 1 is 1.50 bits per heavy atom. The average Bonchev–Trinajstić information content (AvgIpc) is 2.26. The smallest absolute Gasteiger partial charge is 0.220 e. The number of hydrogen-bond acceptors (Lipinski definition) is 3. The molecule has 0 heterocycles. The quantitative estimate of drug-likeness (QED) is 0.662. The molecule has 1 saturated carbocycles. The lowest BCUT2D eigenvalue weighted by molar-refractivity contribution is -0.124. The van der Waals surface area contributed by atoms with Crippen molar-refractivity contribution in [1.82, 2.24) is 5.32 Å². The molecule has 1 aliphatic carbocycles. The lowest BCUT2D eigenvalue weighted by atomic mass is 9.80. The summed E-state index contributed by atoms with van der Waals surface area (Å²) in [6.45, 7) is 4.17. The number of rotatable bonds is 9. The summed E-state index contributed by atoms with van der Waals surface area (Å²) in [5, 5.41) is 2.95. The van der Waals surface area contributed by atoms with Crippen molar-refractivity contribution in [2.75, 3.05) is 26.9 Å². The van der Waals surface area contributed by atoms with Crippen molar-refractivity contribution in [3.63, 3.8) is 0 Å². The minimum Gasteiger partial charge on any atom is -0.384 e. The Morgan fingerprint density at radius 2 is 2.22 bits per heavy atom. The fourth-order valence-electron chi connectivity index (χ4n) is 2.18. The van der Waals surface area contributed by atoms with Crippen LogP contribution >= 0.6 is 15.9 Å². The highest BCUT2D eigenvalue weighted by molar-refractivity contribution is 9.09. The van der Waals surface area contributed by atoms with E-state index in [0.29, 0.717) is 36.4 Å². The maximum Gasteiger partial charge on any atom is 0.220 e. The first-order valence-corrected chi connectivity index (χ1v) is 7.58. The Labute approximate surface area is 118 Å². The zero-order valence-electron chi connectivity index (χ0n) is 11.3. The van der Waals surface area contributed by atoms with E-state index in [1.165, 1.54) is 0 Å². The second-order valence-corrected chi connectivity index (χ2v) is 6.11. The Hall–Kier alpha value is -0.130. The number of alkyl halides is 1. The van der Waals surface area contributed by atoms with E-state index in [-0.39, 0.29) is 5.91 Å². The van der Waals surface area contributed by atoms with Gasteiger partial charge in [0.2, 0.25) is 5.91 Å². The van der Waals surface area contributed by atoms with Crippen LogP contribution in [-0.2, 0) is 14.3 Å². The van der Waals surface area contributed by atoms with Gasteiger partial charge in [-0.15, -0.1) is 0 Å². The standard InChI is InChI=1S/C13H24BrNO3/c1-3-18-12-6-10(7-12)8-13(16)15-5-4-11(14)9-17-2/h10-12H,3-9H2,1-2H3,(H,15,16). The molecular weight excluding hydrogens is 298 g/mol. The van der Waals surface area contributed by atoms with Gasteiger partial charge >= 0.3 is 0 Å². The molecule has 1 rings (SSSR count). The van der Waals surface area contributed by atoms with Crippen molar-refractivity contribution in [2.45, 2.75) is 43.5 Å². The van der Waals surface area contributed by atoms with Gasteiger partial charge in [0, 0.05) is 31.5 Å². The molecule has 4 nitrogen and oxygen atoms in total. The van der Waals surface area contributed by atoms with Gasteiger partial charge in [0.25, 0.3) is 0 Å². The first kappa shape index (κ1) is 15.9. The van der Waals surface area contributed by atoms with Crippen LogP contribution in [0.2, 0.25) is 0 Å². The van der Waals surface area contributed by atoms with Crippen LogP contribution < -0.4 is 5.32 Å². The summed E-state index contributed by atoms with van der Waals surface area (Å²) in [5.74, 6) is 0.673. The van der Waals surface area contributed by atoms with Gasteiger partial charge in [-0.1, -0.05) is 15.9 Å². The highest BCUT2D eigenvalue weighted by Crippen LogP contribution is 2.32. The van der Waals surface area contributed by atoms with Crippen molar-refractivity contribution in [2.24, 2.45) is 5.92 Å². The number of carbonyl (C=O) groups excluding carboxylic acids is 1. The zero-order valence-corrected chi connectivity index (χ0v) is 12.9. The average molecular weight is 322 g/mol. The van der Waals surface area contributed by atoms with Crippen LogP contribution in [0.15, 0.2) is 0 Å². The highest BCUT2D eigenvalue weighted by Gasteiger charge is 2.30. The van der Waals surface area contributed by atoms with Crippen LogP contribution in [0.1, 0.15) is 32.6 Å². The van der Waals surface area contributed by atoms with E-state index in [0.717, 1.165) is 25.9 Å². The van der Waals surface area contributed by atoms with Crippen LogP contribution in [0, 0.1) is 5.92 Å². The van der Waals surface area contributed by atoms with Gasteiger partial charge in [-0.05, 0) is 32.1 Å². The van der Waals surface area contributed by atoms with E-state index < -0.39 is 0 Å². The van der Waals surface area contributed by atoms with E-state index in [2.05, 4.69) is 21.2 Å². The Bertz CT molecular complexity index is 244. The van der Waals surface area contributed by atoms with Gasteiger partial charge in [0.15, 0.2) is 0 Å². The maximum absolute atomic E-state index is 11.7. The van der Waals surface area contributed by atoms with Crippen LogP contribution in [-0.4, -0.2) is 43.7 Å². The molecule has 0 aromatic rings. The number of carbonyl (C=O) groups is 1. The first-order valence-electron chi connectivity index (χ1n) is 6.67. The van der Waals surface area contributed by atoms with Gasteiger partial charge in [0.1, 0.15) is 0 Å². The molecule has 0 radical (unpaired) electrons. The third kappa shape index (κ3) is 6.16. The minimum atomic E-state index is 0.159. The molecule has 1 unspecified atom stereocenters. The second-order valence-electron chi connectivity index (χ2n) is 4.81. The van der Waals surface area contributed by atoms with E-state index in [4.69, 9.17) is 9.47 Å². The number of nitrogens with one attached hydrogen (secondary N) is 1. The fourth-order valence-corrected chi connectivity index (χ4v) is 2.67. The summed E-state index contributed by atoms with van der Waals surface area (Å²) in [6, 6.07) is 0. The van der Waals surface area contributed by atoms with Crippen LogP contribution in [0.5, 0.6) is 0 Å². The molecule has 106 valence electrons. The molecular formula is C13H24BrNO3. The molecule has 0 bridgehead atoms. The topological polar surface area (TPSA) is 47.6 Å². The van der Waals surface area contributed by atoms with Crippen molar-refractivity contribution < 1.29 is 14.3 Å². The molecule has 0 aromatic carbocycles. The molecule has 1 fully saturated rings. The van der Waals surface area contributed by atoms with E-state index in [1.54, 1.807) is 7.11 Å². The molecule has 0 spiro atoms. The molecule has 1 aliphatic rings. The summed E-state index contributed by atoms with van der Waals surface area (Å²) >= 11 is 3.50. The third-order valence-corrected chi connectivity index (χ3v) is 3.92. The van der Waals surface area contributed by atoms with Crippen molar-refractivity contribution in [3.05, 3.63) is 0 Å². The second kappa shape index (κ2) is 8.88. The zero-order chi connectivity index (χ0) is 13.4.